The molecule has 0 atom stereocenters. The number of benzene rings is 3. The number of nitro groups is 1. The van der Waals surface area contributed by atoms with Crippen LogP contribution in [-0.2, 0) is 0 Å². The summed E-state index contributed by atoms with van der Waals surface area (Å²) in [5.41, 5.74) is 9.90. The van der Waals surface area contributed by atoms with Crippen molar-refractivity contribution in [2.75, 3.05) is 5.73 Å². The van der Waals surface area contributed by atoms with Crippen LogP contribution in [0.3, 0.4) is 0 Å². The van der Waals surface area contributed by atoms with Gasteiger partial charge in [-0.1, -0.05) is 52.0 Å². The van der Waals surface area contributed by atoms with Crippen molar-refractivity contribution < 1.29 is 13.7 Å². The molecule has 3 rings (SSSR count). The number of halogens is 2. The van der Waals surface area contributed by atoms with Crippen molar-refractivity contribution in [1.82, 2.24) is 0 Å². The smallest absolute Gasteiger partial charge is 0.279 e. The maximum Gasteiger partial charge on any atom is 0.279 e. The van der Waals surface area contributed by atoms with Crippen LogP contribution in [-0.4, -0.2) is 4.92 Å². The highest BCUT2D eigenvalue weighted by Crippen LogP contribution is 2.45. The van der Waals surface area contributed by atoms with Gasteiger partial charge in [-0.2, -0.15) is 0 Å². The Morgan fingerprint density at radius 1 is 0.806 bits per heavy atom. The number of rotatable bonds is 6. The van der Waals surface area contributed by atoms with E-state index in [2.05, 4.69) is 0 Å². The number of nitrogens with zero attached hydrogens (tertiary/aromatic N) is 1. The molecule has 0 saturated heterocycles. The van der Waals surface area contributed by atoms with Crippen molar-refractivity contribution in [3.05, 3.63) is 104 Å². The van der Waals surface area contributed by atoms with E-state index in [0.717, 1.165) is 5.56 Å². The normalized spacial score (nSPS) is 11.5. The Morgan fingerprint density at radius 3 is 1.61 bits per heavy atom. The summed E-state index contributed by atoms with van der Waals surface area (Å²) in [5, 5.41) is 12.3. The van der Waals surface area contributed by atoms with E-state index >= 15 is 0 Å². The standard InChI is InChI=1S/C25H26F2N2O2/c1-14(2)20-13-21(25(29(30)31)22(15(3)4)24(20)28)23(16-5-9-18(26)10-6-16)17-7-11-19(27)12-8-17/h5-15,23H,28H2,1-4H3. The predicted octanol–water partition coefficient (Wildman–Crippen LogP) is 6.88. The Hall–Kier alpha value is -3.28. The summed E-state index contributed by atoms with van der Waals surface area (Å²) in [7, 11) is 0. The molecule has 0 unspecified atom stereocenters. The Kier molecular flexibility index (Phi) is 6.39. The molecule has 0 amide bonds. The van der Waals surface area contributed by atoms with Crippen LogP contribution in [0, 0.1) is 21.7 Å². The van der Waals surface area contributed by atoms with Gasteiger partial charge in [0.2, 0.25) is 0 Å². The molecule has 4 nitrogen and oxygen atoms in total. The molecular weight excluding hydrogens is 398 g/mol. The number of nitro benzene ring substituents is 1. The maximum atomic E-state index is 13.6. The van der Waals surface area contributed by atoms with Crippen molar-refractivity contribution in [1.29, 1.82) is 0 Å². The molecule has 0 aliphatic rings. The number of nitrogens with two attached hydrogens (primary N) is 1. The molecule has 0 aliphatic carbocycles. The largest absolute Gasteiger partial charge is 0.398 e. The van der Waals surface area contributed by atoms with Gasteiger partial charge in [0.15, 0.2) is 0 Å². The summed E-state index contributed by atoms with van der Waals surface area (Å²) in [4.78, 5) is 11.9. The van der Waals surface area contributed by atoms with Crippen molar-refractivity contribution in [3.63, 3.8) is 0 Å². The number of nitrogen functional groups attached to an aromatic ring is 1. The molecule has 6 heteroatoms. The van der Waals surface area contributed by atoms with Crippen molar-refractivity contribution in [3.8, 4) is 0 Å². The van der Waals surface area contributed by atoms with Crippen LogP contribution in [0.25, 0.3) is 0 Å². The van der Waals surface area contributed by atoms with Gasteiger partial charge < -0.3 is 5.73 Å². The molecule has 31 heavy (non-hydrogen) atoms. The molecular formula is C25H26F2N2O2. The summed E-state index contributed by atoms with van der Waals surface area (Å²) in [5.74, 6) is -1.53. The molecule has 0 aliphatic heterocycles. The zero-order valence-electron chi connectivity index (χ0n) is 18.0. The monoisotopic (exact) mass is 424 g/mol. The molecule has 0 heterocycles. The molecule has 0 bridgehead atoms. The molecule has 0 fully saturated rings. The summed E-state index contributed by atoms with van der Waals surface area (Å²) < 4.78 is 27.3. The van der Waals surface area contributed by atoms with Gasteiger partial charge in [-0.3, -0.25) is 10.1 Å². The van der Waals surface area contributed by atoms with Crippen LogP contribution < -0.4 is 5.73 Å². The van der Waals surface area contributed by atoms with Crippen LogP contribution in [0.4, 0.5) is 20.2 Å². The first-order valence-corrected chi connectivity index (χ1v) is 10.2. The second kappa shape index (κ2) is 8.84. The van der Waals surface area contributed by atoms with E-state index in [4.69, 9.17) is 5.73 Å². The third kappa shape index (κ3) is 4.43. The van der Waals surface area contributed by atoms with E-state index in [1.807, 2.05) is 27.7 Å². The molecule has 3 aromatic carbocycles. The fraction of sp³-hybridized carbons (Fsp3) is 0.280. The lowest BCUT2D eigenvalue weighted by atomic mass is 9.79. The predicted molar refractivity (Wildman–Crippen MR) is 119 cm³/mol. The van der Waals surface area contributed by atoms with E-state index in [1.165, 1.54) is 24.3 Å². The number of hydrogen-bond donors (Lipinski definition) is 1. The minimum Gasteiger partial charge on any atom is -0.398 e. The van der Waals surface area contributed by atoms with Gasteiger partial charge in [0, 0.05) is 17.2 Å². The highest BCUT2D eigenvalue weighted by atomic mass is 19.1. The van der Waals surface area contributed by atoms with E-state index in [-0.39, 0.29) is 17.5 Å². The second-order valence-electron chi connectivity index (χ2n) is 8.33. The first-order valence-electron chi connectivity index (χ1n) is 10.2. The molecule has 3 aromatic rings. The van der Waals surface area contributed by atoms with Crippen molar-refractivity contribution in [2.24, 2.45) is 0 Å². The second-order valence-corrected chi connectivity index (χ2v) is 8.33. The third-order valence-corrected chi connectivity index (χ3v) is 5.54. The summed E-state index contributed by atoms with van der Waals surface area (Å²) >= 11 is 0. The van der Waals surface area contributed by atoms with Gasteiger partial charge in [-0.15, -0.1) is 0 Å². The summed E-state index contributed by atoms with van der Waals surface area (Å²) in [6, 6.07) is 13.5. The topological polar surface area (TPSA) is 69.2 Å². The SMILES string of the molecule is CC(C)c1cc(C(c2ccc(F)cc2)c2ccc(F)cc2)c([N+](=O)[O-])c(C(C)C)c1N. The van der Waals surface area contributed by atoms with Crippen LogP contribution in [0.15, 0.2) is 54.6 Å². The van der Waals surface area contributed by atoms with Crippen molar-refractivity contribution >= 4 is 11.4 Å². The van der Waals surface area contributed by atoms with Gasteiger partial charge in [0.25, 0.3) is 5.69 Å². The Bertz CT molecular complexity index is 1050. The molecule has 0 spiro atoms. The quantitative estimate of drug-likeness (QED) is 0.203. The molecule has 0 radical (unpaired) electrons. The average molecular weight is 424 g/mol. The summed E-state index contributed by atoms with van der Waals surface area (Å²) in [6.45, 7) is 7.71. The molecule has 0 aromatic heterocycles. The lowest BCUT2D eigenvalue weighted by Crippen LogP contribution is -2.14. The average Bonchev–Trinajstić information content (AvgIpc) is 2.70. The fourth-order valence-corrected chi connectivity index (χ4v) is 4.10. The van der Waals surface area contributed by atoms with Crippen LogP contribution in [0.1, 0.15) is 73.3 Å². The van der Waals surface area contributed by atoms with Crippen molar-refractivity contribution in [2.45, 2.75) is 45.4 Å². The fourth-order valence-electron chi connectivity index (χ4n) is 4.10. The van der Waals surface area contributed by atoms with Gasteiger partial charge >= 0.3 is 0 Å². The van der Waals surface area contributed by atoms with Gasteiger partial charge in [-0.05, 0) is 58.9 Å². The van der Waals surface area contributed by atoms with Crippen LogP contribution in [0.5, 0.6) is 0 Å². The van der Waals surface area contributed by atoms with Crippen LogP contribution in [0.2, 0.25) is 0 Å². The lowest BCUT2D eigenvalue weighted by Gasteiger charge is -2.24. The van der Waals surface area contributed by atoms with E-state index in [9.17, 15) is 18.9 Å². The van der Waals surface area contributed by atoms with E-state index in [0.29, 0.717) is 27.9 Å². The number of hydrogen-bond acceptors (Lipinski definition) is 3. The minimum absolute atomic E-state index is 0.0409. The van der Waals surface area contributed by atoms with E-state index in [1.54, 1.807) is 30.3 Å². The van der Waals surface area contributed by atoms with Gasteiger partial charge in [0.1, 0.15) is 11.6 Å². The maximum absolute atomic E-state index is 13.6. The Balaban J connectivity index is 2.43. The zero-order valence-corrected chi connectivity index (χ0v) is 18.0. The van der Waals surface area contributed by atoms with E-state index < -0.39 is 22.5 Å². The summed E-state index contributed by atoms with van der Waals surface area (Å²) in [6.07, 6.45) is 0. The molecule has 0 saturated carbocycles. The minimum atomic E-state index is -0.586. The number of anilines is 1. The van der Waals surface area contributed by atoms with Crippen LogP contribution >= 0.6 is 0 Å². The zero-order chi connectivity index (χ0) is 22.9. The Labute approximate surface area is 180 Å². The first-order chi connectivity index (χ1) is 14.6. The first kappa shape index (κ1) is 22.4. The molecule has 2 N–H and O–H groups in total. The van der Waals surface area contributed by atoms with Gasteiger partial charge in [-0.25, -0.2) is 8.78 Å². The molecule has 162 valence electrons. The highest BCUT2D eigenvalue weighted by Gasteiger charge is 2.33. The lowest BCUT2D eigenvalue weighted by molar-refractivity contribution is -0.386. The highest BCUT2D eigenvalue weighted by molar-refractivity contribution is 5.70. The van der Waals surface area contributed by atoms with Gasteiger partial charge in [0.05, 0.1) is 10.5 Å². The third-order valence-electron chi connectivity index (χ3n) is 5.54. The Morgan fingerprint density at radius 2 is 1.26 bits per heavy atom.